The monoisotopic (exact) mass is 666 g/mol. The van der Waals surface area contributed by atoms with Crippen molar-refractivity contribution in [3.05, 3.63) is 137 Å². The molecule has 49 heavy (non-hydrogen) atoms. The maximum Gasteiger partial charge on any atom is 0.323 e. The molecule has 0 saturated carbocycles. The number of imidazole rings is 1. The van der Waals surface area contributed by atoms with Crippen LogP contribution in [-0.2, 0) is 16.4 Å². The molecule has 0 spiro atoms. The third-order valence-electron chi connectivity index (χ3n) is 9.42. The lowest BCUT2D eigenvalue weighted by atomic mass is 9.89. The van der Waals surface area contributed by atoms with Crippen LogP contribution in [-0.4, -0.2) is 46.3 Å². The quantitative estimate of drug-likeness (QED) is 0.157. The van der Waals surface area contributed by atoms with Crippen LogP contribution in [0.15, 0.2) is 130 Å². The fourth-order valence-electron chi connectivity index (χ4n) is 6.74. The van der Waals surface area contributed by atoms with Gasteiger partial charge in [-0.15, -0.1) is 0 Å². The second-order valence-electron chi connectivity index (χ2n) is 12.6. The van der Waals surface area contributed by atoms with Crippen molar-refractivity contribution in [1.29, 1.82) is 0 Å². The first kappa shape index (κ1) is 30.7. The number of aromatic amines is 2. The number of rotatable bonds is 7. The molecule has 1 fully saturated rings. The molecule has 0 atom stereocenters. The molecule has 1 aliphatic heterocycles. The summed E-state index contributed by atoms with van der Waals surface area (Å²) in [4.78, 5) is 30.2. The molecule has 0 bridgehead atoms. The summed E-state index contributed by atoms with van der Waals surface area (Å²) < 4.78 is 26.9. The smallest absolute Gasteiger partial charge is 0.323 e. The van der Waals surface area contributed by atoms with E-state index in [1.807, 2.05) is 36.4 Å². The average molecular weight is 667 g/mol. The highest BCUT2D eigenvalue weighted by atomic mass is 32.2. The maximum atomic E-state index is 13.4. The lowest BCUT2D eigenvalue weighted by Gasteiger charge is -2.32. The van der Waals surface area contributed by atoms with Crippen molar-refractivity contribution in [2.75, 3.05) is 18.8 Å². The Kier molecular flexibility index (Phi) is 7.82. The summed E-state index contributed by atoms with van der Waals surface area (Å²) in [6.45, 7) is 2.86. The van der Waals surface area contributed by atoms with Crippen molar-refractivity contribution in [2.24, 2.45) is 0 Å². The number of hydrogen-bond acceptors (Lipinski definition) is 7. The van der Waals surface area contributed by atoms with E-state index in [1.165, 1.54) is 23.3 Å². The number of likely N-dealkylation sites (tertiary alicyclic amines) is 1. The van der Waals surface area contributed by atoms with E-state index in [0.29, 0.717) is 28.3 Å². The lowest BCUT2D eigenvalue weighted by Crippen LogP contribution is -2.32. The second kappa shape index (κ2) is 12.5. The van der Waals surface area contributed by atoms with Gasteiger partial charge in [0.25, 0.3) is 0 Å². The van der Waals surface area contributed by atoms with Gasteiger partial charge in [0.15, 0.2) is 0 Å². The molecule has 1 saturated heterocycles. The van der Waals surface area contributed by atoms with Crippen molar-refractivity contribution < 1.29 is 8.42 Å². The van der Waals surface area contributed by atoms with Crippen molar-refractivity contribution in [2.45, 2.75) is 35.1 Å². The Balaban J connectivity index is 1.03. The summed E-state index contributed by atoms with van der Waals surface area (Å²) in [6.07, 6.45) is 2.13. The fourth-order valence-corrected chi connectivity index (χ4v) is 8.02. The molecule has 10 heteroatoms. The topological polar surface area (TPSA) is 138 Å². The Morgan fingerprint density at radius 2 is 1.35 bits per heavy atom. The molecule has 7 aromatic rings. The number of anilines is 1. The molecular weight excluding hydrogens is 633 g/mol. The molecule has 8 rings (SSSR count). The van der Waals surface area contributed by atoms with Crippen molar-refractivity contribution in [3.8, 4) is 22.5 Å². The van der Waals surface area contributed by atoms with E-state index in [2.05, 4.69) is 51.3 Å². The van der Waals surface area contributed by atoms with E-state index in [0.717, 1.165) is 60.3 Å². The number of aromatic nitrogens is 4. The number of nitrogens with zero attached hydrogens (tertiary/aromatic N) is 3. The summed E-state index contributed by atoms with van der Waals surface area (Å²) in [5.41, 5.74) is 14.7. The second-order valence-corrected chi connectivity index (χ2v) is 14.6. The van der Waals surface area contributed by atoms with E-state index in [1.54, 1.807) is 30.3 Å². The van der Waals surface area contributed by atoms with Gasteiger partial charge in [-0.05, 0) is 97.6 Å². The number of fused-ring (bicyclic) bond motifs is 2. The highest BCUT2D eigenvalue weighted by molar-refractivity contribution is 7.91. The number of nitrogens with two attached hydrogens (primary N) is 1. The molecule has 4 N–H and O–H groups in total. The summed E-state index contributed by atoms with van der Waals surface area (Å²) in [5.74, 6) is 0.471. The molecule has 0 aliphatic carbocycles. The molecule has 5 aromatic carbocycles. The van der Waals surface area contributed by atoms with Crippen LogP contribution in [0.2, 0.25) is 0 Å². The number of piperidine rings is 1. The Hall–Kier alpha value is -5.58. The summed E-state index contributed by atoms with van der Waals surface area (Å²) >= 11 is 0. The first-order chi connectivity index (χ1) is 23.8. The highest BCUT2D eigenvalue weighted by Gasteiger charge is 2.22. The SMILES string of the molecule is Nc1ccc(S(=O)(=O)c2ccc3nc(-c4ccc(CN5CCC(c6ccc7[nH]c(=O)[nH]c7c6)CC5)cc4)c(-c4ccccc4)nc3c2)cc1. The normalized spacial score (nSPS) is 14.4. The van der Waals surface area contributed by atoms with Gasteiger partial charge in [0, 0.05) is 23.4 Å². The molecule has 3 heterocycles. The number of hydrogen-bond donors (Lipinski definition) is 3. The Bertz CT molecular complexity index is 2470. The van der Waals surface area contributed by atoms with E-state index in [-0.39, 0.29) is 15.5 Å². The standard InChI is InChI=1S/C39H34N6O3S/c40-30-11-13-31(14-12-30)49(47,48)32-15-17-33-36(23-32)42-37(27-4-2-1-3-5-27)38(41-33)28-8-6-25(7-9-28)24-45-20-18-26(19-21-45)29-10-16-34-35(22-29)44-39(46)43-34/h1-17,22-23,26H,18-21,24,40H2,(H2,43,44,46). The zero-order valence-electron chi connectivity index (χ0n) is 26.6. The molecule has 0 unspecified atom stereocenters. The van der Waals surface area contributed by atoms with Crippen molar-refractivity contribution in [1.82, 2.24) is 24.8 Å². The predicted octanol–water partition coefficient (Wildman–Crippen LogP) is 6.93. The zero-order chi connectivity index (χ0) is 33.5. The molecule has 9 nitrogen and oxygen atoms in total. The van der Waals surface area contributed by atoms with Crippen LogP contribution >= 0.6 is 0 Å². The van der Waals surface area contributed by atoms with Crippen LogP contribution in [0.1, 0.15) is 29.9 Å². The first-order valence-corrected chi connectivity index (χ1v) is 17.8. The van der Waals surface area contributed by atoms with Gasteiger partial charge in [-0.25, -0.2) is 23.2 Å². The molecule has 244 valence electrons. The van der Waals surface area contributed by atoms with Gasteiger partial charge in [-0.2, -0.15) is 0 Å². The van der Waals surface area contributed by atoms with Gasteiger partial charge < -0.3 is 15.7 Å². The van der Waals surface area contributed by atoms with Crippen LogP contribution in [0.4, 0.5) is 5.69 Å². The number of benzene rings is 5. The van der Waals surface area contributed by atoms with Gasteiger partial charge in [-0.1, -0.05) is 60.7 Å². The minimum absolute atomic E-state index is 0.150. The molecule has 0 amide bonds. The van der Waals surface area contributed by atoms with Crippen molar-refractivity contribution >= 4 is 37.6 Å². The number of nitrogens with one attached hydrogen (secondary N) is 2. The van der Waals surface area contributed by atoms with Crippen LogP contribution in [0.5, 0.6) is 0 Å². The molecule has 2 aromatic heterocycles. The lowest BCUT2D eigenvalue weighted by molar-refractivity contribution is 0.204. The third-order valence-corrected chi connectivity index (χ3v) is 11.2. The number of nitrogen functional groups attached to an aromatic ring is 1. The van der Waals surface area contributed by atoms with Crippen LogP contribution in [0.25, 0.3) is 44.6 Å². The number of H-pyrrole nitrogens is 2. The minimum atomic E-state index is -3.77. The van der Waals surface area contributed by atoms with Gasteiger partial charge in [0.2, 0.25) is 9.84 Å². The Labute approximate surface area is 283 Å². The highest BCUT2D eigenvalue weighted by Crippen LogP contribution is 2.34. The molecule has 0 radical (unpaired) electrons. The molecular formula is C39H34N6O3S. The van der Waals surface area contributed by atoms with Gasteiger partial charge in [-0.3, -0.25) is 4.90 Å². The third kappa shape index (κ3) is 6.12. The maximum absolute atomic E-state index is 13.4. The Morgan fingerprint density at radius 1 is 0.694 bits per heavy atom. The minimum Gasteiger partial charge on any atom is -0.399 e. The van der Waals surface area contributed by atoms with Gasteiger partial charge in [0.1, 0.15) is 0 Å². The summed E-state index contributed by atoms with van der Waals surface area (Å²) in [7, 11) is -3.77. The average Bonchev–Trinajstić information content (AvgIpc) is 3.51. The van der Waals surface area contributed by atoms with Crippen LogP contribution in [0, 0.1) is 0 Å². The van der Waals surface area contributed by atoms with Crippen LogP contribution in [0.3, 0.4) is 0 Å². The molecule has 1 aliphatic rings. The van der Waals surface area contributed by atoms with E-state index < -0.39 is 9.84 Å². The largest absolute Gasteiger partial charge is 0.399 e. The summed E-state index contributed by atoms with van der Waals surface area (Å²) in [5, 5.41) is 0. The Morgan fingerprint density at radius 3 is 2.08 bits per heavy atom. The van der Waals surface area contributed by atoms with Crippen LogP contribution < -0.4 is 11.4 Å². The van der Waals surface area contributed by atoms with Gasteiger partial charge >= 0.3 is 5.69 Å². The predicted molar refractivity (Wildman–Crippen MR) is 193 cm³/mol. The van der Waals surface area contributed by atoms with Gasteiger partial charge in [0.05, 0.1) is 43.2 Å². The first-order valence-electron chi connectivity index (χ1n) is 16.3. The fraction of sp³-hybridized carbons (Fsp3) is 0.154. The zero-order valence-corrected chi connectivity index (χ0v) is 27.5. The van der Waals surface area contributed by atoms with E-state index in [4.69, 9.17) is 15.7 Å². The summed E-state index contributed by atoms with van der Waals surface area (Å²) in [6, 6.07) is 35.7. The van der Waals surface area contributed by atoms with E-state index in [9.17, 15) is 13.2 Å². The number of sulfone groups is 1. The van der Waals surface area contributed by atoms with Crippen molar-refractivity contribution in [3.63, 3.8) is 0 Å². The van der Waals surface area contributed by atoms with E-state index >= 15 is 0 Å².